The van der Waals surface area contributed by atoms with Gasteiger partial charge in [-0.15, -0.1) is 0 Å². The highest BCUT2D eigenvalue weighted by Gasteiger charge is 2.29. The number of oxazole rings is 1. The SMILES string of the molecule is O=S(=O)(CCc1ccccc1)N1CCC(Oc2nc3ccccc3o2)CC1. The molecular formula is C20H22N2O4S. The normalized spacial score (nSPS) is 16.6. The van der Waals surface area contributed by atoms with Crippen LogP contribution in [0.2, 0.25) is 0 Å². The standard InChI is InChI=1S/C20H22N2O4S/c23-27(24,15-12-16-6-2-1-3-7-16)22-13-10-17(11-14-22)25-20-21-18-8-4-5-9-19(18)26-20/h1-9,17H,10-15H2. The van der Waals surface area contributed by atoms with E-state index in [1.807, 2.05) is 54.6 Å². The van der Waals surface area contributed by atoms with Crippen LogP contribution in [0.15, 0.2) is 59.0 Å². The Morgan fingerprint density at radius 2 is 1.74 bits per heavy atom. The number of sulfonamides is 1. The predicted octanol–water partition coefficient (Wildman–Crippen LogP) is 3.24. The van der Waals surface area contributed by atoms with Crippen molar-refractivity contribution in [2.24, 2.45) is 0 Å². The van der Waals surface area contributed by atoms with Gasteiger partial charge >= 0.3 is 6.08 Å². The Morgan fingerprint density at radius 1 is 1.04 bits per heavy atom. The second-order valence-corrected chi connectivity index (χ2v) is 8.80. The van der Waals surface area contributed by atoms with Crippen LogP contribution in [0, 0.1) is 0 Å². The van der Waals surface area contributed by atoms with Crippen molar-refractivity contribution >= 4 is 21.1 Å². The Labute approximate surface area is 158 Å². The van der Waals surface area contributed by atoms with E-state index in [1.165, 1.54) is 0 Å². The van der Waals surface area contributed by atoms with Crippen LogP contribution in [0.25, 0.3) is 11.1 Å². The molecule has 27 heavy (non-hydrogen) atoms. The number of aromatic nitrogens is 1. The van der Waals surface area contributed by atoms with Crippen LogP contribution >= 0.6 is 0 Å². The largest absolute Gasteiger partial charge is 0.447 e. The summed E-state index contributed by atoms with van der Waals surface area (Å²) in [6.45, 7) is 0.921. The number of piperidine rings is 1. The van der Waals surface area contributed by atoms with Gasteiger partial charge in [0.1, 0.15) is 11.6 Å². The molecule has 0 aliphatic carbocycles. The minimum Gasteiger partial charge on any atom is -0.447 e. The third kappa shape index (κ3) is 4.31. The molecule has 2 heterocycles. The summed E-state index contributed by atoms with van der Waals surface area (Å²) in [7, 11) is -3.26. The fourth-order valence-electron chi connectivity index (χ4n) is 3.29. The van der Waals surface area contributed by atoms with Gasteiger partial charge in [0.15, 0.2) is 5.58 Å². The van der Waals surface area contributed by atoms with Gasteiger partial charge in [-0.25, -0.2) is 12.7 Å². The van der Waals surface area contributed by atoms with Crippen molar-refractivity contribution in [3.05, 3.63) is 60.2 Å². The van der Waals surface area contributed by atoms with E-state index in [-0.39, 0.29) is 17.9 Å². The highest BCUT2D eigenvalue weighted by molar-refractivity contribution is 7.89. The average molecular weight is 386 g/mol. The molecule has 0 saturated carbocycles. The van der Waals surface area contributed by atoms with Crippen LogP contribution in [-0.2, 0) is 16.4 Å². The molecule has 1 aliphatic rings. The molecule has 0 radical (unpaired) electrons. The van der Waals surface area contributed by atoms with Gasteiger partial charge in [0.2, 0.25) is 10.0 Å². The van der Waals surface area contributed by atoms with Gasteiger partial charge in [0.05, 0.1) is 5.75 Å². The molecule has 0 amide bonds. The molecule has 0 unspecified atom stereocenters. The lowest BCUT2D eigenvalue weighted by Crippen LogP contribution is -2.43. The first-order valence-corrected chi connectivity index (χ1v) is 10.7. The summed E-state index contributed by atoms with van der Waals surface area (Å²) in [5, 5.41) is 0. The van der Waals surface area contributed by atoms with Crippen molar-refractivity contribution in [3.63, 3.8) is 0 Å². The number of para-hydroxylation sites is 2. The molecule has 1 fully saturated rings. The number of nitrogens with zero attached hydrogens (tertiary/aromatic N) is 2. The van der Waals surface area contributed by atoms with E-state index in [9.17, 15) is 8.42 Å². The molecule has 1 aliphatic heterocycles. The monoisotopic (exact) mass is 386 g/mol. The molecule has 2 aromatic carbocycles. The van der Waals surface area contributed by atoms with Crippen LogP contribution in [0.1, 0.15) is 18.4 Å². The number of aryl methyl sites for hydroxylation is 1. The third-order valence-corrected chi connectivity index (χ3v) is 6.70. The highest BCUT2D eigenvalue weighted by Crippen LogP contribution is 2.24. The van der Waals surface area contributed by atoms with Gasteiger partial charge in [-0.1, -0.05) is 42.5 Å². The summed E-state index contributed by atoms with van der Waals surface area (Å²) >= 11 is 0. The summed E-state index contributed by atoms with van der Waals surface area (Å²) in [4.78, 5) is 4.32. The zero-order chi connectivity index (χ0) is 18.7. The molecule has 3 aromatic rings. The molecule has 0 bridgehead atoms. The van der Waals surface area contributed by atoms with Crippen LogP contribution in [-0.4, -0.2) is 42.7 Å². The topological polar surface area (TPSA) is 72.6 Å². The van der Waals surface area contributed by atoms with Crippen LogP contribution in [0.5, 0.6) is 6.08 Å². The van der Waals surface area contributed by atoms with Crippen molar-refractivity contribution in [2.75, 3.05) is 18.8 Å². The van der Waals surface area contributed by atoms with Gasteiger partial charge in [-0.2, -0.15) is 4.98 Å². The first kappa shape index (κ1) is 18.0. The lowest BCUT2D eigenvalue weighted by atomic mass is 10.1. The number of hydrogen-bond acceptors (Lipinski definition) is 5. The van der Waals surface area contributed by atoms with Gasteiger partial charge < -0.3 is 9.15 Å². The van der Waals surface area contributed by atoms with E-state index in [2.05, 4.69) is 4.98 Å². The molecule has 6 nitrogen and oxygen atoms in total. The lowest BCUT2D eigenvalue weighted by molar-refractivity contribution is 0.102. The van der Waals surface area contributed by atoms with E-state index in [0.29, 0.717) is 37.9 Å². The van der Waals surface area contributed by atoms with Crippen molar-refractivity contribution in [1.29, 1.82) is 0 Å². The Bertz CT molecular complexity index is 960. The number of ether oxygens (including phenoxy) is 1. The maximum absolute atomic E-state index is 12.6. The molecule has 0 atom stereocenters. The van der Waals surface area contributed by atoms with E-state index >= 15 is 0 Å². The van der Waals surface area contributed by atoms with Crippen LogP contribution in [0.4, 0.5) is 0 Å². The number of rotatable bonds is 6. The maximum Gasteiger partial charge on any atom is 0.394 e. The average Bonchev–Trinajstić information content (AvgIpc) is 3.10. The summed E-state index contributed by atoms with van der Waals surface area (Å²) in [6, 6.07) is 17.2. The molecule has 1 saturated heterocycles. The number of fused-ring (bicyclic) bond motifs is 1. The number of benzene rings is 2. The molecular weight excluding hydrogens is 364 g/mol. The van der Waals surface area contributed by atoms with Crippen molar-refractivity contribution < 1.29 is 17.6 Å². The van der Waals surface area contributed by atoms with E-state index in [1.54, 1.807) is 4.31 Å². The molecule has 0 N–H and O–H groups in total. The second-order valence-electron chi connectivity index (χ2n) is 6.72. The molecule has 7 heteroatoms. The van der Waals surface area contributed by atoms with Crippen molar-refractivity contribution in [2.45, 2.75) is 25.4 Å². The fourth-order valence-corrected chi connectivity index (χ4v) is 4.81. The highest BCUT2D eigenvalue weighted by atomic mass is 32.2. The van der Waals surface area contributed by atoms with Crippen molar-refractivity contribution in [1.82, 2.24) is 9.29 Å². The smallest absolute Gasteiger partial charge is 0.394 e. The molecule has 1 aromatic heterocycles. The Kier molecular flexibility index (Phi) is 5.13. The Morgan fingerprint density at radius 3 is 2.48 bits per heavy atom. The van der Waals surface area contributed by atoms with E-state index in [4.69, 9.17) is 9.15 Å². The van der Waals surface area contributed by atoms with Gasteiger partial charge in [-0.3, -0.25) is 0 Å². The zero-order valence-corrected chi connectivity index (χ0v) is 15.8. The Hall–Kier alpha value is -2.38. The minimum absolute atomic E-state index is 0.0846. The zero-order valence-electron chi connectivity index (χ0n) is 15.0. The van der Waals surface area contributed by atoms with Gasteiger partial charge in [0.25, 0.3) is 0 Å². The first-order valence-electron chi connectivity index (χ1n) is 9.14. The summed E-state index contributed by atoms with van der Waals surface area (Å²) in [5.74, 6) is 0.133. The Balaban J connectivity index is 1.31. The summed E-state index contributed by atoms with van der Waals surface area (Å²) in [6.07, 6.45) is 1.95. The predicted molar refractivity (Wildman–Crippen MR) is 103 cm³/mol. The first-order chi connectivity index (χ1) is 13.1. The molecule has 0 spiro atoms. The van der Waals surface area contributed by atoms with Gasteiger partial charge in [0, 0.05) is 13.1 Å². The summed E-state index contributed by atoms with van der Waals surface area (Å²) in [5.41, 5.74) is 2.48. The second kappa shape index (κ2) is 7.70. The molecule has 4 rings (SSSR count). The van der Waals surface area contributed by atoms with E-state index in [0.717, 1.165) is 11.1 Å². The van der Waals surface area contributed by atoms with Crippen LogP contribution < -0.4 is 4.74 Å². The minimum atomic E-state index is -3.26. The van der Waals surface area contributed by atoms with Gasteiger partial charge in [-0.05, 0) is 37.0 Å². The van der Waals surface area contributed by atoms with E-state index < -0.39 is 10.0 Å². The fraction of sp³-hybridized carbons (Fsp3) is 0.350. The third-order valence-electron chi connectivity index (χ3n) is 4.83. The quantitative estimate of drug-likeness (QED) is 0.650. The van der Waals surface area contributed by atoms with Crippen molar-refractivity contribution in [3.8, 4) is 6.08 Å². The maximum atomic E-state index is 12.6. The molecule has 142 valence electrons. The lowest BCUT2D eigenvalue weighted by Gasteiger charge is -2.30. The van der Waals surface area contributed by atoms with Crippen LogP contribution in [0.3, 0.4) is 0 Å². The number of hydrogen-bond donors (Lipinski definition) is 0. The summed E-state index contributed by atoms with van der Waals surface area (Å²) < 4.78 is 38.2.